The van der Waals surface area contributed by atoms with E-state index >= 15 is 0 Å². The number of hydrogen-bond donors (Lipinski definition) is 0. The first-order valence-electron chi connectivity index (χ1n) is 29.1. The van der Waals surface area contributed by atoms with Crippen LogP contribution in [0.2, 0.25) is 0 Å². The van der Waals surface area contributed by atoms with Crippen molar-refractivity contribution in [1.82, 2.24) is 0 Å². The molecule has 0 saturated carbocycles. The number of rotatable bonds is 52. The normalized spacial score (nSPS) is 12.7. The molecule has 0 saturated heterocycles. The molecule has 0 aliphatic heterocycles. The Morgan fingerprint density at radius 3 is 0.913 bits per heavy atom. The van der Waals surface area contributed by atoms with Crippen molar-refractivity contribution in [3.8, 4) is 0 Å². The molecule has 396 valence electrons. The number of allylic oxidation sites excluding steroid dienone is 14. The van der Waals surface area contributed by atoms with E-state index in [0.717, 1.165) is 89.9 Å². The fraction of sp³-hybridized carbons (Fsp3) is 0.730. The Morgan fingerprint density at radius 1 is 0.290 bits per heavy atom. The van der Waals surface area contributed by atoms with Crippen LogP contribution in [0.3, 0.4) is 0 Å². The topological polar surface area (TPSA) is 78.9 Å². The van der Waals surface area contributed by atoms with Gasteiger partial charge in [-0.1, -0.05) is 228 Å². The fourth-order valence-corrected chi connectivity index (χ4v) is 7.93. The summed E-state index contributed by atoms with van der Waals surface area (Å²) in [5, 5.41) is 0. The Labute approximate surface area is 426 Å². The molecule has 0 aromatic carbocycles. The largest absolute Gasteiger partial charge is 0.462 e. The predicted octanol–water partition coefficient (Wildman–Crippen LogP) is 19.5. The van der Waals surface area contributed by atoms with Crippen molar-refractivity contribution in [3.05, 3.63) is 85.1 Å². The Morgan fingerprint density at radius 2 is 0.536 bits per heavy atom. The molecular weight excluding hydrogens is 853 g/mol. The average Bonchev–Trinajstić information content (AvgIpc) is 3.35. The maximum atomic E-state index is 12.8. The third-order valence-electron chi connectivity index (χ3n) is 12.3. The van der Waals surface area contributed by atoms with Gasteiger partial charge in [0, 0.05) is 19.3 Å². The maximum Gasteiger partial charge on any atom is 0.306 e. The lowest BCUT2D eigenvalue weighted by Gasteiger charge is -2.18. The zero-order chi connectivity index (χ0) is 50.0. The van der Waals surface area contributed by atoms with Crippen LogP contribution in [-0.4, -0.2) is 37.2 Å². The summed E-state index contributed by atoms with van der Waals surface area (Å²) < 4.78 is 16.8. The Kier molecular flexibility index (Phi) is 54.3. The first kappa shape index (κ1) is 65.6. The fourth-order valence-electron chi connectivity index (χ4n) is 7.93. The van der Waals surface area contributed by atoms with E-state index in [2.05, 4.69) is 106 Å². The molecule has 6 heteroatoms. The highest BCUT2D eigenvalue weighted by molar-refractivity contribution is 5.71. The van der Waals surface area contributed by atoms with Gasteiger partial charge in [0.2, 0.25) is 0 Å². The minimum Gasteiger partial charge on any atom is -0.462 e. The van der Waals surface area contributed by atoms with Crippen molar-refractivity contribution >= 4 is 17.9 Å². The van der Waals surface area contributed by atoms with Crippen LogP contribution < -0.4 is 0 Å². The molecule has 1 atom stereocenters. The summed E-state index contributed by atoms with van der Waals surface area (Å²) in [6.45, 7) is 6.53. The summed E-state index contributed by atoms with van der Waals surface area (Å²) in [5.74, 6) is -0.969. The summed E-state index contributed by atoms with van der Waals surface area (Å²) in [5.41, 5.74) is 0. The lowest BCUT2D eigenvalue weighted by molar-refractivity contribution is -0.167. The zero-order valence-corrected chi connectivity index (χ0v) is 45.3. The maximum absolute atomic E-state index is 12.8. The van der Waals surface area contributed by atoms with Gasteiger partial charge in [-0.15, -0.1) is 0 Å². The number of unbranched alkanes of at least 4 members (excludes halogenated alkanes) is 27. The van der Waals surface area contributed by atoms with Crippen LogP contribution in [0.25, 0.3) is 0 Å². The van der Waals surface area contributed by atoms with Gasteiger partial charge in [0.25, 0.3) is 0 Å². The third kappa shape index (κ3) is 55.4. The third-order valence-corrected chi connectivity index (χ3v) is 12.3. The summed E-state index contributed by atoms with van der Waals surface area (Å²) in [7, 11) is 0. The lowest BCUT2D eigenvalue weighted by Crippen LogP contribution is -2.30. The van der Waals surface area contributed by atoms with E-state index in [9.17, 15) is 14.4 Å². The molecule has 0 unspecified atom stereocenters. The van der Waals surface area contributed by atoms with Crippen LogP contribution in [0.15, 0.2) is 85.1 Å². The molecule has 69 heavy (non-hydrogen) atoms. The van der Waals surface area contributed by atoms with E-state index in [1.54, 1.807) is 0 Å². The molecule has 0 aliphatic rings. The standard InChI is InChI=1S/C63H108O6/c1-4-7-10-13-16-19-22-25-28-30-31-33-36-38-41-44-47-50-53-56-62(65)68-59-60(69-63(66)57-54-51-48-45-42-39-34-27-24-21-18-15-12-9-6-3)58-67-61(64)55-52-49-46-43-40-37-35-32-29-26-23-20-17-14-11-8-5-2/h17-18,20-21,25-29,34-35,37,43,46,60H,4-16,19,22-24,30-33,36,38-42,44-45,47-59H2,1-3H3/b20-17-,21-18-,28-25-,29-26-,34-27-,37-35-,46-43-/t60-/m1/s1. The Bertz CT molecular complexity index is 1330. The van der Waals surface area contributed by atoms with E-state index < -0.39 is 6.10 Å². The van der Waals surface area contributed by atoms with E-state index in [1.165, 1.54) is 141 Å². The first-order chi connectivity index (χ1) is 34.0. The van der Waals surface area contributed by atoms with E-state index in [-0.39, 0.29) is 37.5 Å². The van der Waals surface area contributed by atoms with Gasteiger partial charge in [0.05, 0.1) is 0 Å². The van der Waals surface area contributed by atoms with Gasteiger partial charge in [0.1, 0.15) is 13.2 Å². The van der Waals surface area contributed by atoms with Crippen LogP contribution in [0.5, 0.6) is 0 Å². The van der Waals surface area contributed by atoms with Crippen molar-refractivity contribution in [2.24, 2.45) is 0 Å². The van der Waals surface area contributed by atoms with Crippen molar-refractivity contribution in [2.75, 3.05) is 13.2 Å². The van der Waals surface area contributed by atoms with Gasteiger partial charge in [-0.2, -0.15) is 0 Å². The van der Waals surface area contributed by atoms with E-state index in [1.807, 2.05) is 0 Å². The molecule has 0 radical (unpaired) electrons. The molecule has 0 aliphatic carbocycles. The van der Waals surface area contributed by atoms with E-state index in [0.29, 0.717) is 19.3 Å². The highest BCUT2D eigenvalue weighted by atomic mass is 16.6. The quantitative estimate of drug-likeness (QED) is 0.0262. The van der Waals surface area contributed by atoms with Gasteiger partial charge >= 0.3 is 17.9 Å². The molecule has 0 heterocycles. The van der Waals surface area contributed by atoms with E-state index in [4.69, 9.17) is 14.2 Å². The minimum absolute atomic E-state index is 0.100. The summed E-state index contributed by atoms with van der Waals surface area (Å²) >= 11 is 0. The molecule has 0 aromatic heterocycles. The summed E-state index contributed by atoms with van der Waals surface area (Å²) in [6.07, 6.45) is 74.3. The lowest BCUT2D eigenvalue weighted by atomic mass is 10.1. The molecule has 6 nitrogen and oxygen atoms in total. The molecule has 0 bridgehead atoms. The number of hydrogen-bond acceptors (Lipinski definition) is 6. The van der Waals surface area contributed by atoms with Gasteiger partial charge < -0.3 is 14.2 Å². The first-order valence-corrected chi connectivity index (χ1v) is 29.1. The van der Waals surface area contributed by atoms with Crippen molar-refractivity contribution in [3.63, 3.8) is 0 Å². The summed E-state index contributed by atoms with van der Waals surface area (Å²) in [4.78, 5) is 38.1. The number of ether oxygens (including phenoxy) is 3. The number of carbonyl (C=O) groups is 3. The second kappa shape index (κ2) is 57.2. The molecule has 0 rings (SSSR count). The van der Waals surface area contributed by atoms with Gasteiger partial charge in [-0.05, 0) is 116 Å². The highest BCUT2D eigenvalue weighted by Crippen LogP contribution is 2.14. The van der Waals surface area contributed by atoms with Crippen LogP contribution in [-0.2, 0) is 28.6 Å². The molecular formula is C63H108O6. The Hall–Kier alpha value is -3.41. The molecule has 0 fully saturated rings. The SMILES string of the molecule is CCCCC/C=C\C/C=C\C/C=C\C/C=C\CCCC(=O)OC[C@H](COC(=O)CCCCCCCCCCC/C=C\CCCCCCCC)OC(=O)CCCCCCC/C=C\C/C=C\CCCCC. The minimum atomic E-state index is -0.807. The average molecular weight is 962 g/mol. The summed E-state index contributed by atoms with van der Waals surface area (Å²) in [6, 6.07) is 0. The zero-order valence-electron chi connectivity index (χ0n) is 45.3. The van der Waals surface area contributed by atoms with Gasteiger partial charge in [-0.25, -0.2) is 0 Å². The van der Waals surface area contributed by atoms with Crippen LogP contribution in [0.1, 0.15) is 278 Å². The van der Waals surface area contributed by atoms with Crippen LogP contribution in [0.4, 0.5) is 0 Å². The highest BCUT2D eigenvalue weighted by Gasteiger charge is 2.19. The van der Waals surface area contributed by atoms with Crippen LogP contribution in [0, 0.1) is 0 Å². The van der Waals surface area contributed by atoms with Gasteiger partial charge in [-0.3, -0.25) is 14.4 Å². The van der Waals surface area contributed by atoms with Crippen molar-refractivity contribution < 1.29 is 28.6 Å². The number of esters is 3. The van der Waals surface area contributed by atoms with Crippen molar-refractivity contribution in [1.29, 1.82) is 0 Å². The molecule has 0 aromatic rings. The van der Waals surface area contributed by atoms with Crippen LogP contribution >= 0.6 is 0 Å². The second-order valence-electron chi connectivity index (χ2n) is 19.2. The molecule has 0 spiro atoms. The molecule has 0 N–H and O–H groups in total. The Balaban J connectivity index is 4.46. The smallest absolute Gasteiger partial charge is 0.306 e. The second-order valence-corrected chi connectivity index (χ2v) is 19.2. The molecule has 0 amide bonds. The number of carbonyl (C=O) groups excluding carboxylic acids is 3. The predicted molar refractivity (Wildman–Crippen MR) is 297 cm³/mol. The van der Waals surface area contributed by atoms with Crippen molar-refractivity contribution in [2.45, 2.75) is 284 Å². The monoisotopic (exact) mass is 961 g/mol. The van der Waals surface area contributed by atoms with Gasteiger partial charge in [0.15, 0.2) is 6.10 Å².